The van der Waals surface area contributed by atoms with Crippen molar-refractivity contribution < 1.29 is 17.9 Å². The quantitative estimate of drug-likeness (QED) is 0.811. The number of halogens is 3. The minimum atomic E-state index is -4.63. The van der Waals surface area contributed by atoms with Gasteiger partial charge in [-0.25, -0.2) is 0 Å². The smallest absolute Gasteiger partial charge is 0.406 e. The van der Waals surface area contributed by atoms with Gasteiger partial charge in [0.25, 0.3) is 0 Å². The van der Waals surface area contributed by atoms with Crippen LogP contribution in [0.3, 0.4) is 0 Å². The van der Waals surface area contributed by atoms with Crippen LogP contribution in [0.2, 0.25) is 0 Å². The Morgan fingerprint density at radius 1 is 1.24 bits per heavy atom. The summed E-state index contributed by atoms with van der Waals surface area (Å²) in [6.07, 6.45) is 1.30. The summed E-state index contributed by atoms with van der Waals surface area (Å²) in [5.41, 5.74) is 1.04. The fraction of sp³-hybridized carbons (Fsp3) is 0.625. The molecule has 2 nitrogen and oxygen atoms in total. The normalized spacial score (nSPS) is 17.3. The third-order valence-electron chi connectivity index (χ3n) is 3.97. The molecule has 1 fully saturated rings. The first-order valence-electron chi connectivity index (χ1n) is 7.54. The van der Waals surface area contributed by atoms with Crippen LogP contribution in [-0.2, 0) is 6.42 Å². The Balaban J connectivity index is 1.90. The fourth-order valence-electron chi connectivity index (χ4n) is 2.77. The fourth-order valence-corrected chi connectivity index (χ4v) is 2.77. The molecule has 2 rings (SSSR count). The zero-order chi connectivity index (χ0) is 15.3. The Kier molecular flexibility index (Phi) is 5.51. The van der Waals surface area contributed by atoms with Crippen LogP contribution in [0.25, 0.3) is 0 Å². The molecular weight excluding hydrogens is 279 g/mol. The molecule has 0 saturated heterocycles. The maximum Gasteiger partial charge on any atom is 0.573 e. The van der Waals surface area contributed by atoms with Gasteiger partial charge in [-0.05, 0) is 43.0 Å². The molecule has 0 aromatic heterocycles. The van der Waals surface area contributed by atoms with Crippen molar-refractivity contribution in [2.24, 2.45) is 5.92 Å². The van der Waals surface area contributed by atoms with Crippen molar-refractivity contribution in [1.29, 1.82) is 0 Å². The molecule has 5 heteroatoms. The van der Waals surface area contributed by atoms with E-state index in [1.807, 2.05) is 0 Å². The van der Waals surface area contributed by atoms with Gasteiger partial charge >= 0.3 is 6.36 Å². The molecule has 1 unspecified atom stereocenters. The van der Waals surface area contributed by atoms with Crippen LogP contribution in [0.1, 0.15) is 38.2 Å². The third kappa shape index (κ3) is 5.58. The van der Waals surface area contributed by atoms with Crippen LogP contribution in [-0.4, -0.2) is 18.9 Å². The number of benzene rings is 1. The summed E-state index contributed by atoms with van der Waals surface area (Å²) in [4.78, 5) is 0. The van der Waals surface area contributed by atoms with Crippen molar-refractivity contribution in [3.63, 3.8) is 0 Å². The van der Waals surface area contributed by atoms with Crippen molar-refractivity contribution in [2.75, 3.05) is 6.54 Å². The lowest BCUT2D eigenvalue weighted by Crippen LogP contribution is -2.34. The molecule has 0 heterocycles. The van der Waals surface area contributed by atoms with Crippen molar-refractivity contribution in [3.8, 4) is 5.75 Å². The Morgan fingerprint density at radius 2 is 1.90 bits per heavy atom. The van der Waals surface area contributed by atoms with Gasteiger partial charge in [0, 0.05) is 6.04 Å². The van der Waals surface area contributed by atoms with E-state index in [1.54, 1.807) is 12.1 Å². The van der Waals surface area contributed by atoms with E-state index in [9.17, 15) is 13.2 Å². The molecular formula is C16H22F3NO. The Hall–Kier alpha value is -1.23. The summed E-state index contributed by atoms with van der Waals surface area (Å²) in [6.45, 7) is 2.99. The summed E-state index contributed by atoms with van der Waals surface area (Å²) in [6, 6.07) is 6.60. The van der Waals surface area contributed by atoms with Crippen LogP contribution in [0.5, 0.6) is 5.75 Å². The minimum Gasteiger partial charge on any atom is -0.406 e. The highest BCUT2D eigenvalue weighted by atomic mass is 19.4. The average molecular weight is 301 g/mol. The van der Waals surface area contributed by atoms with Gasteiger partial charge in [0.15, 0.2) is 0 Å². The molecule has 0 aliphatic heterocycles. The van der Waals surface area contributed by atoms with Gasteiger partial charge in [0.1, 0.15) is 5.75 Å². The van der Waals surface area contributed by atoms with Crippen LogP contribution in [0.15, 0.2) is 24.3 Å². The van der Waals surface area contributed by atoms with Crippen molar-refractivity contribution in [2.45, 2.75) is 51.4 Å². The largest absolute Gasteiger partial charge is 0.573 e. The third-order valence-corrected chi connectivity index (χ3v) is 3.97. The van der Waals surface area contributed by atoms with E-state index in [4.69, 9.17) is 0 Å². The summed E-state index contributed by atoms with van der Waals surface area (Å²) < 4.78 is 40.2. The van der Waals surface area contributed by atoms with Gasteiger partial charge in [-0.15, -0.1) is 13.2 Å². The lowest BCUT2D eigenvalue weighted by atomic mass is 9.80. The zero-order valence-corrected chi connectivity index (χ0v) is 12.2. The number of rotatable bonds is 7. The summed E-state index contributed by atoms with van der Waals surface area (Å²) in [7, 11) is 0. The Labute approximate surface area is 123 Å². The van der Waals surface area contributed by atoms with E-state index in [0.29, 0.717) is 6.04 Å². The lowest BCUT2D eigenvalue weighted by Gasteiger charge is -2.30. The number of alkyl halides is 3. The molecule has 21 heavy (non-hydrogen) atoms. The summed E-state index contributed by atoms with van der Waals surface area (Å²) >= 11 is 0. The SMILES string of the molecule is CCNC(Cc1ccc(OC(F)(F)F)cc1)CC1CCC1. The number of hydrogen-bond donors (Lipinski definition) is 1. The zero-order valence-electron chi connectivity index (χ0n) is 12.2. The Bertz CT molecular complexity index is 426. The number of ether oxygens (including phenoxy) is 1. The second-order valence-corrected chi connectivity index (χ2v) is 5.68. The highest BCUT2D eigenvalue weighted by Crippen LogP contribution is 2.31. The highest BCUT2D eigenvalue weighted by molar-refractivity contribution is 5.28. The monoisotopic (exact) mass is 301 g/mol. The molecule has 1 saturated carbocycles. The molecule has 0 bridgehead atoms. The average Bonchev–Trinajstić information content (AvgIpc) is 2.34. The maximum absolute atomic E-state index is 12.1. The molecule has 1 aromatic carbocycles. The lowest BCUT2D eigenvalue weighted by molar-refractivity contribution is -0.274. The maximum atomic E-state index is 12.1. The van der Waals surface area contributed by atoms with Crippen molar-refractivity contribution in [3.05, 3.63) is 29.8 Å². The van der Waals surface area contributed by atoms with Gasteiger partial charge in [0.2, 0.25) is 0 Å². The van der Waals surface area contributed by atoms with Crippen LogP contribution < -0.4 is 10.1 Å². The topological polar surface area (TPSA) is 21.3 Å². The van der Waals surface area contributed by atoms with E-state index in [-0.39, 0.29) is 5.75 Å². The first kappa shape index (κ1) is 16.1. The van der Waals surface area contributed by atoms with Crippen LogP contribution >= 0.6 is 0 Å². The number of hydrogen-bond acceptors (Lipinski definition) is 2. The molecule has 1 atom stereocenters. The van der Waals surface area contributed by atoms with Gasteiger partial charge < -0.3 is 10.1 Å². The standard InChI is InChI=1S/C16H22F3NO/c1-2-20-14(10-12-4-3-5-12)11-13-6-8-15(9-7-13)21-16(17,18)19/h6-9,12,14,20H,2-5,10-11H2,1H3. The van der Waals surface area contributed by atoms with Gasteiger partial charge in [-0.3, -0.25) is 0 Å². The van der Waals surface area contributed by atoms with Crippen molar-refractivity contribution >= 4 is 0 Å². The van der Waals surface area contributed by atoms with Crippen molar-refractivity contribution in [1.82, 2.24) is 5.32 Å². The van der Waals surface area contributed by atoms with Gasteiger partial charge in [0.05, 0.1) is 0 Å². The molecule has 1 aliphatic rings. The molecule has 1 N–H and O–H groups in total. The van der Waals surface area contributed by atoms with E-state index < -0.39 is 6.36 Å². The van der Waals surface area contributed by atoms with Crippen LogP contribution in [0.4, 0.5) is 13.2 Å². The second kappa shape index (κ2) is 7.16. The molecule has 118 valence electrons. The number of likely N-dealkylation sites (N-methyl/N-ethyl adjacent to an activating group) is 1. The molecule has 0 amide bonds. The van der Waals surface area contributed by atoms with E-state index >= 15 is 0 Å². The molecule has 0 radical (unpaired) electrons. The molecule has 1 aliphatic carbocycles. The van der Waals surface area contributed by atoms with E-state index in [0.717, 1.165) is 30.9 Å². The van der Waals surface area contributed by atoms with E-state index in [1.165, 1.54) is 31.4 Å². The van der Waals surface area contributed by atoms with Gasteiger partial charge in [-0.1, -0.05) is 38.3 Å². The Morgan fingerprint density at radius 3 is 2.38 bits per heavy atom. The molecule has 1 aromatic rings. The predicted molar refractivity (Wildman–Crippen MR) is 76.3 cm³/mol. The van der Waals surface area contributed by atoms with E-state index in [2.05, 4.69) is 17.0 Å². The minimum absolute atomic E-state index is 0.162. The first-order valence-corrected chi connectivity index (χ1v) is 7.54. The number of nitrogens with one attached hydrogen (secondary N) is 1. The molecule has 0 spiro atoms. The first-order chi connectivity index (χ1) is 9.96. The summed E-state index contributed by atoms with van der Waals surface area (Å²) in [5, 5.41) is 3.47. The highest BCUT2D eigenvalue weighted by Gasteiger charge is 2.31. The predicted octanol–water partition coefficient (Wildman–Crippen LogP) is 4.30. The van der Waals surface area contributed by atoms with Crippen LogP contribution in [0, 0.1) is 5.92 Å². The van der Waals surface area contributed by atoms with Gasteiger partial charge in [-0.2, -0.15) is 0 Å². The summed E-state index contributed by atoms with van der Waals surface area (Å²) in [5.74, 6) is 0.645. The second-order valence-electron chi connectivity index (χ2n) is 5.68.